The first-order valence-corrected chi connectivity index (χ1v) is 10.9. The summed E-state index contributed by atoms with van der Waals surface area (Å²) < 4.78 is 26.0. The molecule has 2 aromatic carbocycles. The summed E-state index contributed by atoms with van der Waals surface area (Å²) in [6.07, 6.45) is 1.32. The molecule has 0 bridgehead atoms. The number of carbonyl (C=O) groups is 1. The van der Waals surface area contributed by atoms with Crippen LogP contribution in [0.4, 0.5) is 5.69 Å². The minimum Gasteiger partial charge on any atom is -0.339 e. The molecule has 6 heteroatoms. The van der Waals surface area contributed by atoms with Crippen molar-refractivity contribution in [2.75, 3.05) is 23.7 Å². The second kappa shape index (κ2) is 9.04. The molecule has 0 fully saturated rings. The molecule has 2 aromatic rings. The van der Waals surface area contributed by atoms with Gasteiger partial charge in [0.1, 0.15) is 0 Å². The maximum Gasteiger partial charge on any atom is 0.232 e. The first-order valence-electron chi connectivity index (χ1n) is 9.09. The predicted molar refractivity (Wildman–Crippen MR) is 110 cm³/mol. The molecule has 0 heterocycles. The van der Waals surface area contributed by atoms with Crippen molar-refractivity contribution in [2.24, 2.45) is 0 Å². The summed E-state index contributed by atoms with van der Waals surface area (Å²) in [5.74, 6) is -0.0553. The lowest BCUT2D eigenvalue weighted by atomic mass is 10.1. The standard InChI is InChI=1S/C21H28N2O3S/c1-5-22(16-19-9-7-6-8-10-19)21(24)13-14-23(27(4,25)26)20-15-17(2)11-12-18(20)3/h6-12,15H,5,13-14,16H2,1-4H3. The second-order valence-corrected chi connectivity index (χ2v) is 8.68. The molecule has 0 atom stereocenters. The molecule has 2 rings (SSSR count). The molecule has 0 saturated carbocycles. The molecule has 1 amide bonds. The molecule has 0 radical (unpaired) electrons. The molecule has 0 aliphatic heterocycles. The normalized spacial score (nSPS) is 11.3. The Morgan fingerprint density at radius 1 is 1.04 bits per heavy atom. The molecular weight excluding hydrogens is 360 g/mol. The minimum absolute atomic E-state index is 0.0553. The molecule has 0 spiro atoms. The second-order valence-electron chi connectivity index (χ2n) is 6.77. The van der Waals surface area contributed by atoms with Crippen molar-refractivity contribution in [3.63, 3.8) is 0 Å². The maximum atomic E-state index is 12.7. The van der Waals surface area contributed by atoms with Crippen molar-refractivity contribution >= 4 is 21.6 Å². The van der Waals surface area contributed by atoms with Crippen molar-refractivity contribution < 1.29 is 13.2 Å². The fourth-order valence-electron chi connectivity index (χ4n) is 2.99. The third kappa shape index (κ3) is 5.82. The Bertz CT molecular complexity index is 880. The zero-order valence-electron chi connectivity index (χ0n) is 16.5. The molecule has 0 N–H and O–H groups in total. The zero-order chi connectivity index (χ0) is 20.0. The first-order chi connectivity index (χ1) is 12.7. The number of nitrogens with zero attached hydrogens (tertiary/aromatic N) is 2. The maximum absolute atomic E-state index is 12.7. The van der Waals surface area contributed by atoms with Crippen LogP contribution < -0.4 is 4.31 Å². The van der Waals surface area contributed by atoms with Crippen LogP contribution in [0.1, 0.15) is 30.0 Å². The van der Waals surface area contributed by atoms with Gasteiger partial charge in [-0.05, 0) is 43.5 Å². The highest BCUT2D eigenvalue weighted by Crippen LogP contribution is 2.24. The quantitative estimate of drug-likeness (QED) is 0.695. The smallest absolute Gasteiger partial charge is 0.232 e. The van der Waals surface area contributed by atoms with E-state index in [-0.39, 0.29) is 18.9 Å². The van der Waals surface area contributed by atoms with Gasteiger partial charge in [-0.15, -0.1) is 0 Å². The largest absolute Gasteiger partial charge is 0.339 e. The SMILES string of the molecule is CCN(Cc1ccccc1)C(=O)CCN(c1cc(C)ccc1C)S(C)(=O)=O. The van der Waals surface area contributed by atoms with Gasteiger partial charge in [0, 0.05) is 26.1 Å². The number of aryl methyl sites for hydroxylation is 2. The number of hydrogen-bond acceptors (Lipinski definition) is 3. The van der Waals surface area contributed by atoms with Crippen molar-refractivity contribution in [2.45, 2.75) is 33.7 Å². The van der Waals surface area contributed by atoms with Crippen LogP contribution in [-0.4, -0.2) is 38.6 Å². The summed E-state index contributed by atoms with van der Waals surface area (Å²) in [6.45, 7) is 6.97. The number of rotatable bonds is 8. The first kappa shape index (κ1) is 21.0. The van der Waals surface area contributed by atoms with Crippen molar-refractivity contribution in [1.82, 2.24) is 4.90 Å². The number of amides is 1. The van der Waals surface area contributed by atoms with E-state index >= 15 is 0 Å². The lowest BCUT2D eigenvalue weighted by Gasteiger charge is -2.26. The third-order valence-electron chi connectivity index (χ3n) is 4.51. The van der Waals surface area contributed by atoms with E-state index in [1.807, 2.05) is 69.3 Å². The minimum atomic E-state index is -3.48. The van der Waals surface area contributed by atoms with Gasteiger partial charge in [0.05, 0.1) is 11.9 Å². The molecule has 5 nitrogen and oxygen atoms in total. The third-order valence-corrected chi connectivity index (χ3v) is 5.69. The van der Waals surface area contributed by atoms with Gasteiger partial charge in [0.25, 0.3) is 0 Å². The van der Waals surface area contributed by atoms with Crippen LogP contribution >= 0.6 is 0 Å². The predicted octanol–water partition coefficient (Wildman–Crippen LogP) is 3.51. The van der Waals surface area contributed by atoms with Crippen LogP contribution in [0.5, 0.6) is 0 Å². The van der Waals surface area contributed by atoms with Crippen LogP contribution in [0.2, 0.25) is 0 Å². The Hall–Kier alpha value is -2.34. The van der Waals surface area contributed by atoms with Crippen LogP contribution in [0, 0.1) is 13.8 Å². The average molecular weight is 389 g/mol. The van der Waals surface area contributed by atoms with Crippen LogP contribution in [0.25, 0.3) is 0 Å². The van der Waals surface area contributed by atoms with E-state index in [2.05, 4.69) is 0 Å². The highest BCUT2D eigenvalue weighted by Gasteiger charge is 2.22. The molecule has 0 aliphatic carbocycles. The number of anilines is 1. The monoisotopic (exact) mass is 388 g/mol. The summed E-state index contributed by atoms with van der Waals surface area (Å²) in [7, 11) is -3.48. The van der Waals surface area contributed by atoms with Gasteiger partial charge in [-0.25, -0.2) is 8.42 Å². The summed E-state index contributed by atoms with van der Waals surface area (Å²) >= 11 is 0. The Balaban J connectivity index is 2.14. The van der Waals surface area contributed by atoms with Crippen LogP contribution in [-0.2, 0) is 21.4 Å². The molecule has 0 aliphatic rings. The van der Waals surface area contributed by atoms with Gasteiger partial charge < -0.3 is 4.90 Å². The van der Waals surface area contributed by atoms with E-state index in [1.54, 1.807) is 4.90 Å². The molecule has 0 unspecified atom stereocenters. The molecule has 27 heavy (non-hydrogen) atoms. The summed E-state index contributed by atoms with van der Waals surface area (Å²) in [4.78, 5) is 14.4. The van der Waals surface area contributed by atoms with Crippen molar-refractivity contribution in [1.29, 1.82) is 0 Å². The number of hydrogen-bond donors (Lipinski definition) is 0. The molecule has 0 aromatic heterocycles. The van der Waals surface area contributed by atoms with Gasteiger partial charge in [0.2, 0.25) is 15.9 Å². The van der Waals surface area contributed by atoms with E-state index in [1.165, 1.54) is 10.6 Å². The highest BCUT2D eigenvalue weighted by atomic mass is 32.2. The van der Waals surface area contributed by atoms with Gasteiger partial charge in [-0.1, -0.05) is 42.5 Å². The number of carbonyl (C=O) groups excluding carboxylic acids is 1. The van der Waals surface area contributed by atoms with Crippen molar-refractivity contribution in [3.05, 3.63) is 65.2 Å². The lowest BCUT2D eigenvalue weighted by Crippen LogP contribution is -2.37. The van der Waals surface area contributed by atoms with Gasteiger partial charge >= 0.3 is 0 Å². The van der Waals surface area contributed by atoms with Gasteiger partial charge in [-0.2, -0.15) is 0 Å². The van der Waals surface area contributed by atoms with E-state index in [0.29, 0.717) is 18.8 Å². The van der Waals surface area contributed by atoms with E-state index in [9.17, 15) is 13.2 Å². The Morgan fingerprint density at radius 2 is 1.70 bits per heavy atom. The van der Waals surface area contributed by atoms with E-state index in [0.717, 1.165) is 16.7 Å². The molecule has 146 valence electrons. The topological polar surface area (TPSA) is 57.7 Å². The van der Waals surface area contributed by atoms with Crippen molar-refractivity contribution in [3.8, 4) is 0 Å². The average Bonchev–Trinajstić information content (AvgIpc) is 2.62. The number of sulfonamides is 1. The lowest BCUT2D eigenvalue weighted by molar-refractivity contribution is -0.131. The Labute approximate surface area is 162 Å². The van der Waals surface area contributed by atoms with E-state index < -0.39 is 10.0 Å². The summed E-state index contributed by atoms with van der Waals surface area (Å²) in [5.41, 5.74) is 3.54. The fraction of sp³-hybridized carbons (Fsp3) is 0.381. The zero-order valence-corrected chi connectivity index (χ0v) is 17.3. The van der Waals surface area contributed by atoms with Gasteiger partial charge in [-0.3, -0.25) is 9.10 Å². The summed E-state index contributed by atoms with van der Waals surface area (Å²) in [6, 6.07) is 15.5. The van der Waals surface area contributed by atoms with Gasteiger partial charge in [0.15, 0.2) is 0 Å². The van der Waals surface area contributed by atoms with Crippen LogP contribution in [0.15, 0.2) is 48.5 Å². The Kier molecular flexibility index (Phi) is 7.02. The summed E-state index contributed by atoms with van der Waals surface area (Å²) in [5, 5.41) is 0. The Morgan fingerprint density at radius 3 is 2.30 bits per heavy atom. The number of benzene rings is 2. The fourth-order valence-corrected chi connectivity index (χ4v) is 3.97. The van der Waals surface area contributed by atoms with E-state index in [4.69, 9.17) is 0 Å². The van der Waals surface area contributed by atoms with Crippen LogP contribution in [0.3, 0.4) is 0 Å². The highest BCUT2D eigenvalue weighted by molar-refractivity contribution is 7.92. The molecule has 0 saturated heterocycles. The molecular formula is C21H28N2O3S.